The number of hydrogen-bond donors (Lipinski definition) is 1. The number of amides is 1. The Morgan fingerprint density at radius 3 is 2.58 bits per heavy atom. The van der Waals surface area contributed by atoms with Crippen LogP contribution in [0.5, 0.6) is 0 Å². The van der Waals surface area contributed by atoms with Crippen molar-refractivity contribution in [3.63, 3.8) is 0 Å². The maximum Gasteiger partial charge on any atom is 0.410 e. The van der Waals surface area contributed by atoms with E-state index in [9.17, 15) is 4.79 Å². The van der Waals surface area contributed by atoms with E-state index in [0.29, 0.717) is 5.92 Å². The maximum absolute atomic E-state index is 12.2. The van der Waals surface area contributed by atoms with Crippen LogP contribution in [0.4, 0.5) is 4.79 Å². The van der Waals surface area contributed by atoms with Crippen molar-refractivity contribution in [3.05, 3.63) is 0 Å². The van der Waals surface area contributed by atoms with E-state index in [1.54, 1.807) is 0 Å². The van der Waals surface area contributed by atoms with Crippen LogP contribution in [0, 0.1) is 5.92 Å². The van der Waals surface area contributed by atoms with Crippen molar-refractivity contribution in [1.82, 2.24) is 15.1 Å². The third kappa shape index (κ3) is 7.39. The van der Waals surface area contributed by atoms with Gasteiger partial charge in [-0.15, -0.1) is 0 Å². The van der Waals surface area contributed by atoms with Gasteiger partial charge in [0.2, 0.25) is 0 Å². The smallest absolute Gasteiger partial charge is 0.410 e. The van der Waals surface area contributed by atoms with Crippen molar-refractivity contribution in [1.29, 1.82) is 0 Å². The molecule has 0 aromatic rings. The summed E-state index contributed by atoms with van der Waals surface area (Å²) in [4.78, 5) is 16.7. The van der Waals surface area contributed by atoms with Gasteiger partial charge in [-0.3, -0.25) is 0 Å². The van der Waals surface area contributed by atoms with Crippen molar-refractivity contribution in [2.45, 2.75) is 64.9 Å². The first kappa shape index (κ1) is 19.5. The number of carbonyl (C=O) groups excluding carboxylic acids is 1. The minimum absolute atomic E-state index is 0.155. The summed E-state index contributed by atoms with van der Waals surface area (Å²) in [6.45, 7) is 13.3. The molecule has 0 saturated carbocycles. The largest absolute Gasteiger partial charge is 0.444 e. The molecule has 0 aromatic heterocycles. The Balaban J connectivity index is 1.58. The summed E-state index contributed by atoms with van der Waals surface area (Å²) < 4.78 is 5.50. The summed E-state index contributed by atoms with van der Waals surface area (Å²) in [6, 6.07) is 0. The van der Waals surface area contributed by atoms with Crippen LogP contribution in [0.3, 0.4) is 0 Å². The van der Waals surface area contributed by atoms with Crippen LogP contribution in [-0.4, -0.2) is 67.3 Å². The zero-order chi connectivity index (χ0) is 17.4. The molecule has 1 amide bonds. The molecule has 2 rings (SSSR count). The van der Waals surface area contributed by atoms with Crippen molar-refractivity contribution >= 4 is 6.09 Å². The van der Waals surface area contributed by atoms with Crippen LogP contribution >= 0.6 is 0 Å². The highest BCUT2D eigenvalue weighted by Crippen LogP contribution is 2.19. The molecule has 5 nitrogen and oxygen atoms in total. The number of likely N-dealkylation sites (tertiary alicyclic amines) is 2. The van der Waals surface area contributed by atoms with Crippen LogP contribution < -0.4 is 5.32 Å². The molecule has 2 saturated heterocycles. The van der Waals surface area contributed by atoms with Crippen molar-refractivity contribution < 1.29 is 9.53 Å². The lowest BCUT2D eigenvalue weighted by Gasteiger charge is -2.34. The summed E-state index contributed by atoms with van der Waals surface area (Å²) in [5, 5.41) is 3.60. The summed E-state index contributed by atoms with van der Waals surface area (Å²) in [5.41, 5.74) is -0.406. The van der Waals surface area contributed by atoms with Gasteiger partial charge < -0.3 is 19.9 Å². The minimum atomic E-state index is -0.406. The quantitative estimate of drug-likeness (QED) is 0.755. The monoisotopic (exact) mass is 339 g/mol. The fourth-order valence-electron chi connectivity index (χ4n) is 3.64. The number of nitrogens with one attached hydrogen (secondary N) is 1. The zero-order valence-corrected chi connectivity index (χ0v) is 16.0. The highest BCUT2D eigenvalue weighted by atomic mass is 16.6. The molecule has 0 radical (unpaired) electrons. The van der Waals surface area contributed by atoms with Gasteiger partial charge >= 0.3 is 6.09 Å². The van der Waals surface area contributed by atoms with Crippen LogP contribution in [-0.2, 0) is 4.74 Å². The Labute approximate surface area is 148 Å². The van der Waals surface area contributed by atoms with Crippen molar-refractivity contribution in [2.24, 2.45) is 5.92 Å². The third-order valence-corrected chi connectivity index (χ3v) is 4.88. The second kappa shape index (κ2) is 9.62. The Bertz CT molecular complexity index is 375. The molecule has 1 atom stereocenters. The first-order valence-electron chi connectivity index (χ1n) is 9.85. The average Bonchev–Trinajstić information content (AvgIpc) is 2.54. The van der Waals surface area contributed by atoms with Crippen molar-refractivity contribution in [2.75, 3.05) is 45.8 Å². The van der Waals surface area contributed by atoms with Crippen LogP contribution in [0.1, 0.15) is 59.3 Å². The minimum Gasteiger partial charge on any atom is -0.444 e. The van der Waals surface area contributed by atoms with E-state index in [-0.39, 0.29) is 6.09 Å². The van der Waals surface area contributed by atoms with E-state index in [2.05, 4.69) is 10.2 Å². The van der Waals surface area contributed by atoms with Crippen molar-refractivity contribution in [3.8, 4) is 0 Å². The maximum atomic E-state index is 12.2. The van der Waals surface area contributed by atoms with Gasteiger partial charge in [0.25, 0.3) is 0 Å². The zero-order valence-electron chi connectivity index (χ0n) is 16.0. The SMILES string of the molecule is CC(C)(C)OC(=O)N1CCCC(CNCCCN2CCCCC2)C1. The lowest BCUT2D eigenvalue weighted by Crippen LogP contribution is -2.45. The molecular formula is C19H37N3O2. The fourth-order valence-corrected chi connectivity index (χ4v) is 3.64. The van der Waals surface area contributed by atoms with Gasteiger partial charge in [0.15, 0.2) is 0 Å². The highest BCUT2D eigenvalue weighted by molar-refractivity contribution is 5.68. The van der Waals surface area contributed by atoms with Crippen LogP contribution in [0.25, 0.3) is 0 Å². The topological polar surface area (TPSA) is 44.8 Å². The van der Waals surface area contributed by atoms with E-state index in [4.69, 9.17) is 4.74 Å². The fraction of sp³-hybridized carbons (Fsp3) is 0.947. The van der Waals surface area contributed by atoms with E-state index in [1.807, 2.05) is 25.7 Å². The first-order chi connectivity index (χ1) is 11.4. The molecule has 2 aliphatic rings. The predicted molar refractivity (Wildman–Crippen MR) is 98.3 cm³/mol. The second-order valence-electron chi connectivity index (χ2n) is 8.39. The molecule has 0 aliphatic carbocycles. The highest BCUT2D eigenvalue weighted by Gasteiger charge is 2.27. The molecule has 2 aliphatic heterocycles. The second-order valence-corrected chi connectivity index (χ2v) is 8.39. The number of piperidine rings is 2. The van der Waals surface area contributed by atoms with Gasteiger partial charge in [0, 0.05) is 13.1 Å². The molecular weight excluding hydrogens is 302 g/mol. The Morgan fingerprint density at radius 2 is 1.88 bits per heavy atom. The Kier molecular flexibility index (Phi) is 7.82. The van der Waals surface area contributed by atoms with Crippen LogP contribution in [0.2, 0.25) is 0 Å². The molecule has 1 N–H and O–H groups in total. The summed E-state index contributed by atoms with van der Waals surface area (Å²) in [6.07, 6.45) is 7.51. The normalized spacial score (nSPS) is 23.3. The molecule has 0 bridgehead atoms. The van der Waals surface area contributed by atoms with Gasteiger partial charge in [-0.1, -0.05) is 6.42 Å². The molecule has 2 fully saturated rings. The van der Waals surface area contributed by atoms with Gasteiger partial charge in [0.1, 0.15) is 5.60 Å². The number of carbonyl (C=O) groups is 1. The summed E-state index contributed by atoms with van der Waals surface area (Å²) >= 11 is 0. The summed E-state index contributed by atoms with van der Waals surface area (Å²) in [5.74, 6) is 0.557. The van der Waals surface area contributed by atoms with Gasteiger partial charge in [-0.25, -0.2) is 4.79 Å². The number of nitrogens with zero attached hydrogens (tertiary/aromatic N) is 2. The predicted octanol–water partition coefficient (Wildman–Crippen LogP) is 3.10. The number of ether oxygens (including phenoxy) is 1. The molecule has 0 aromatic carbocycles. The summed E-state index contributed by atoms with van der Waals surface area (Å²) in [7, 11) is 0. The Morgan fingerprint density at radius 1 is 1.12 bits per heavy atom. The van der Waals surface area contributed by atoms with Gasteiger partial charge in [0.05, 0.1) is 0 Å². The molecule has 0 spiro atoms. The molecule has 5 heteroatoms. The molecule has 24 heavy (non-hydrogen) atoms. The molecule has 140 valence electrons. The third-order valence-electron chi connectivity index (χ3n) is 4.88. The molecule has 1 unspecified atom stereocenters. The Hall–Kier alpha value is -0.810. The molecule has 2 heterocycles. The standard InChI is InChI=1S/C19H37N3O2/c1-19(2,3)24-18(23)22-14-7-9-17(16-22)15-20-10-8-13-21-11-5-4-6-12-21/h17,20H,4-16H2,1-3H3. The average molecular weight is 340 g/mol. The number of rotatable bonds is 6. The van der Waals surface area contributed by atoms with E-state index in [1.165, 1.54) is 51.7 Å². The van der Waals surface area contributed by atoms with Gasteiger partial charge in [-0.05, 0) is 91.5 Å². The van der Waals surface area contributed by atoms with E-state index < -0.39 is 5.60 Å². The van der Waals surface area contributed by atoms with E-state index in [0.717, 1.165) is 32.6 Å². The van der Waals surface area contributed by atoms with E-state index >= 15 is 0 Å². The first-order valence-corrected chi connectivity index (χ1v) is 9.85. The lowest BCUT2D eigenvalue weighted by atomic mass is 9.98. The lowest BCUT2D eigenvalue weighted by molar-refractivity contribution is 0.0166. The van der Waals surface area contributed by atoms with Crippen LogP contribution in [0.15, 0.2) is 0 Å². The number of hydrogen-bond acceptors (Lipinski definition) is 4. The van der Waals surface area contributed by atoms with Gasteiger partial charge in [-0.2, -0.15) is 0 Å².